The third-order valence-corrected chi connectivity index (χ3v) is 2.02. The number of hydrogen-bond acceptors (Lipinski definition) is 4. The molecular weight excluding hydrogens is 235 g/mol. The number of hydrogen-bond donors (Lipinski definition) is 1. The van der Waals surface area contributed by atoms with Gasteiger partial charge in [0.1, 0.15) is 12.4 Å². The molecule has 0 radical (unpaired) electrons. The van der Waals surface area contributed by atoms with E-state index in [0.717, 1.165) is 4.90 Å². The van der Waals surface area contributed by atoms with Crippen molar-refractivity contribution in [2.45, 2.75) is 26.1 Å². The number of halogens is 3. The van der Waals surface area contributed by atoms with E-state index in [1.54, 1.807) is 6.92 Å². The number of nitrogens with zero attached hydrogens (tertiary/aromatic N) is 3. The lowest BCUT2D eigenvalue weighted by atomic mass is 10.3. The maximum atomic E-state index is 12.4. The first-order chi connectivity index (χ1) is 7.96. The number of rotatable bonds is 5. The van der Waals surface area contributed by atoms with Crippen LogP contribution in [0.4, 0.5) is 19.0 Å². The van der Waals surface area contributed by atoms with Crippen molar-refractivity contribution in [2.75, 3.05) is 18.0 Å². The highest BCUT2D eigenvalue weighted by molar-refractivity contribution is 5.36. The summed E-state index contributed by atoms with van der Waals surface area (Å²) in [5.74, 6) is 0.135. The standard InChI is InChI=1S/C10H14F3N3O/c1-2-3-16(7-10(11,12)13)9-5-14-4-8(6-17)15-9/h4-5,17H,2-3,6-7H2,1H3. The highest BCUT2D eigenvalue weighted by atomic mass is 19.4. The van der Waals surface area contributed by atoms with Gasteiger partial charge in [0.25, 0.3) is 0 Å². The molecule has 0 unspecified atom stereocenters. The van der Waals surface area contributed by atoms with E-state index in [1.165, 1.54) is 12.4 Å². The van der Waals surface area contributed by atoms with Gasteiger partial charge in [-0.1, -0.05) is 6.92 Å². The number of alkyl halides is 3. The molecule has 0 atom stereocenters. The van der Waals surface area contributed by atoms with E-state index in [1.807, 2.05) is 0 Å². The zero-order chi connectivity index (χ0) is 12.9. The average molecular weight is 249 g/mol. The second-order valence-corrected chi connectivity index (χ2v) is 3.56. The fourth-order valence-electron chi connectivity index (χ4n) is 1.38. The predicted octanol–water partition coefficient (Wildman–Crippen LogP) is 1.75. The smallest absolute Gasteiger partial charge is 0.390 e. The van der Waals surface area contributed by atoms with Crippen LogP contribution < -0.4 is 4.90 Å². The molecule has 0 amide bonds. The van der Waals surface area contributed by atoms with Crippen LogP contribution in [0.25, 0.3) is 0 Å². The molecule has 7 heteroatoms. The largest absolute Gasteiger partial charge is 0.405 e. The van der Waals surface area contributed by atoms with Gasteiger partial charge in [0.2, 0.25) is 0 Å². The monoisotopic (exact) mass is 249 g/mol. The highest BCUT2D eigenvalue weighted by Gasteiger charge is 2.31. The van der Waals surface area contributed by atoms with Crippen molar-refractivity contribution in [3.63, 3.8) is 0 Å². The zero-order valence-corrected chi connectivity index (χ0v) is 9.41. The summed E-state index contributed by atoms with van der Waals surface area (Å²) in [6.07, 6.45) is -1.13. The van der Waals surface area contributed by atoms with Crippen LogP contribution in [0.1, 0.15) is 19.0 Å². The first kappa shape index (κ1) is 13.7. The predicted molar refractivity (Wildman–Crippen MR) is 56.5 cm³/mol. The molecule has 0 aliphatic rings. The molecule has 17 heavy (non-hydrogen) atoms. The minimum Gasteiger partial charge on any atom is -0.390 e. The molecule has 1 heterocycles. The van der Waals surface area contributed by atoms with E-state index in [0.29, 0.717) is 6.42 Å². The summed E-state index contributed by atoms with van der Waals surface area (Å²) in [6.45, 7) is 0.618. The molecule has 0 spiro atoms. The van der Waals surface area contributed by atoms with Gasteiger partial charge in [0.15, 0.2) is 0 Å². The first-order valence-electron chi connectivity index (χ1n) is 5.19. The van der Waals surface area contributed by atoms with Gasteiger partial charge in [0, 0.05) is 6.54 Å². The molecule has 0 saturated carbocycles. The van der Waals surface area contributed by atoms with Gasteiger partial charge in [-0.3, -0.25) is 4.98 Å². The third-order valence-electron chi connectivity index (χ3n) is 2.02. The summed E-state index contributed by atoms with van der Waals surface area (Å²) in [4.78, 5) is 8.77. The molecule has 0 fully saturated rings. The van der Waals surface area contributed by atoms with Crippen LogP contribution >= 0.6 is 0 Å². The van der Waals surface area contributed by atoms with E-state index in [-0.39, 0.29) is 24.7 Å². The summed E-state index contributed by atoms with van der Waals surface area (Å²) in [7, 11) is 0. The van der Waals surface area contributed by atoms with Gasteiger partial charge >= 0.3 is 6.18 Å². The minimum atomic E-state index is -4.29. The zero-order valence-electron chi connectivity index (χ0n) is 9.41. The van der Waals surface area contributed by atoms with Crippen LogP contribution in [0, 0.1) is 0 Å². The van der Waals surface area contributed by atoms with E-state index >= 15 is 0 Å². The normalized spacial score (nSPS) is 11.6. The lowest BCUT2D eigenvalue weighted by Gasteiger charge is -2.24. The molecule has 0 aliphatic heterocycles. The van der Waals surface area contributed by atoms with Crippen molar-refractivity contribution in [3.05, 3.63) is 18.1 Å². The number of aromatic nitrogens is 2. The fourth-order valence-corrected chi connectivity index (χ4v) is 1.38. The maximum absolute atomic E-state index is 12.4. The van der Waals surface area contributed by atoms with E-state index < -0.39 is 12.7 Å². The van der Waals surface area contributed by atoms with Gasteiger partial charge < -0.3 is 10.0 Å². The lowest BCUT2D eigenvalue weighted by Crippen LogP contribution is -2.35. The Labute approximate surface area is 97.1 Å². The summed E-state index contributed by atoms with van der Waals surface area (Å²) >= 11 is 0. The molecule has 1 aromatic heterocycles. The first-order valence-corrected chi connectivity index (χ1v) is 5.19. The van der Waals surface area contributed by atoms with Crippen molar-refractivity contribution < 1.29 is 18.3 Å². The van der Waals surface area contributed by atoms with Gasteiger partial charge in [-0.25, -0.2) is 4.98 Å². The molecule has 4 nitrogen and oxygen atoms in total. The molecule has 1 rings (SSSR count). The Morgan fingerprint density at radius 2 is 2.06 bits per heavy atom. The topological polar surface area (TPSA) is 49.2 Å². The second kappa shape index (κ2) is 5.81. The van der Waals surface area contributed by atoms with Crippen molar-refractivity contribution in [1.82, 2.24) is 9.97 Å². The Hall–Kier alpha value is -1.37. The fraction of sp³-hybridized carbons (Fsp3) is 0.600. The number of aliphatic hydroxyl groups is 1. The molecule has 0 aliphatic carbocycles. The molecular formula is C10H14F3N3O. The maximum Gasteiger partial charge on any atom is 0.405 e. The Morgan fingerprint density at radius 3 is 2.59 bits per heavy atom. The molecule has 1 aromatic rings. The summed E-state index contributed by atoms with van der Waals surface area (Å²) < 4.78 is 37.1. The van der Waals surface area contributed by atoms with Crippen LogP contribution in [0.3, 0.4) is 0 Å². The Bertz CT molecular complexity index is 357. The lowest BCUT2D eigenvalue weighted by molar-refractivity contribution is -0.119. The van der Waals surface area contributed by atoms with E-state index in [2.05, 4.69) is 9.97 Å². The third kappa shape index (κ3) is 4.56. The SMILES string of the molecule is CCCN(CC(F)(F)F)c1cncc(CO)n1. The van der Waals surface area contributed by atoms with E-state index in [9.17, 15) is 13.2 Å². The van der Waals surface area contributed by atoms with Gasteiger partial charge in [-0.15, -0.1) is 0 Å². The van der Waals surface area contributed by atoms with Crippen molar-refractivity contribution >= 4 is 5.82 Å². The molecule has 0 aromatic carbocycles. The van der Waals surface area contributed by atoms with Gasteiger partial charge in [0.05, 0.1) is 24.7 Å². The Morgan fingerprint density at radius 1 is 1.35 bits per heavy atom. The summed E-state index contributed by atoms with van der Waals surface area (Å²) in [5, 5.41) is 8.86. The second-order valence-electron chi connectivity index (χ2n) is 3.56. The van der Waals surface area contributed by atoms with Crippen LogP contribution in [0.2, 0.25) is 0 Å². The van der Waals surface area contributed by atoms with E-state index in [4.69, 9.17) is 5.11 Å². The van der Waals surface area contributed by atoms with Gasteiger partial charge in [-0.2, -0.15) is 13.2 Å². The quantitative estimate of drug-likeness (QED) is 0.863. The van der Waals surface area contributed by atoms with Crippen molar-refractivity contribution in [2.24, 2.45) is 0 Å². The minimum absolute atomic E-state index is 0.135. The Kier molecular flexibility index (Phi) is 4.68. The molecule has 0 saturated heterocycles. The average Bonchev–Trinajstić information content (AvgIpc) is 2.27. The highest BCUT2D eigenvalue weighted by Crippen LogP contribution is 2.20. The molecule has 1 N–H and O–H groups in total. The number of aliphatic hydroxyl groups excluding tert-OH is 1. The Balaban J connectivity index is 2.88. The van der Waals surface area contributed by atoms with Crippen LogP contribution in [-0.2, 0) is 6.61 Å². The van der Waals surface area contributed by atoms with Crippen LogP contribution in [0.15, 0.2) is 12.4 Å². The van der Waals surface area contributed by atoms with Crippen molar-refractivity contribution in [1.29, 1.82) is 0 Å². The summed E-state index contributed by atoms with van der Waals surface area (Å²) in [5.41, 5.74) is 0.255. The van der Waals surface area contributed by atoms with Crippen molar-refractivity contribution in [3.8, 4) is 0 Å². The molecule has 0 bridgehead atoms. The van der Waals surface area contributed by atoms with Gasteiger partial charge in [-0.05, 0) is 6.42 Å². The van der Waals surface area contributed by atoms with Crippen LogP contribution in [0.5, 0.6) is 0 Å². The number of anilines is 1. The molecule has 96 valence electrons. The summed E-state index contributed by atoms with van der Waals surface area (Å²) in [6, 6.07) is 0. The van der Waals surface area contributed by atoms with Crippen LogP contribution in [-0.4, -0.2) is 34.3 Å².